The molecular formula is C12H14Br2INO. The van der Waals surface area contributed by atoms with Crippen LogP contribution in [0.3, 0.4) is 0 Å². The molecule has 0 aliphatic carbocycles. The summed E-state index contributed by atoms with van der Waals surface area (Å²) in [5, 5.41) is 4.55. The summed E-state index contributed by atoms with van der Waals surface area (Å²) in [7, 11) is 0. The van der Waals surface area contributed by atoms with Gasteiger partial charge in [-0.3, -0.25) is 4.79 Å². The summed E-state index contributed by atoms with van der Waals surface area (Å²) in [5.41, 5.74) is 0.481. The van der Waals surface area contributed by atoms with Gasteiger partial charge in [-0.15, -0.1) is 0 Å². The third-order valence-corrected chi connectivity index (χ3v) is 5.47. The lowest BCUT2D eigenvalue weighted by Crippen LogP contribution is -2.51. The summed E-state index contributed by atoms with van der Waals surface area (Å²) in [4.78, 5) is 12.1. The molecule has 0 heterocycles. The Kier molecular flexibility index (Phi) is 6.44. The van der Waals surface area contributed by atoms with Crippen LogP contribution in [0.25, 0.3) is 0 Å². The Hall–Kier alpha value is 0.380. The van der Waals surface area contributed by atoms with Gasteiger partial charge in [-0.25, -0.2) is 0 Å². The molecule has 1 N–H and O–H groups in total. The van der Waals surface area contributed by atoms with Gasteiger partial charge < -0.3 is 5.32 Å². The molecule has 0 fully saturated rings. The van der Waals surface area contributed by atoms with Crippen LogP contribution in [0, 0.1) is 3.57 Å². The molecule has 1 rings (SSSR count). The lowest BCUT2D eigenvalue weighted by molar-refractivity contribution is 0.0915. The van der Waals surface area contributed by atoms with Crippen LogP contribution >= 0.6 is 54.5 Å². The molecule has 0 spiro atoms. The minimum atomic E-state index is -0.224. The fourth-order valence-electron chi connectivity index (χ4n) is 1.32. The zero-order valence-corrected chi connectivity index (χ0v) is 14.8. The monoisotopic (exact) mass is 473 g/mol. The van der Waals surface area contributed by atoms with Crippen LogP contribution in [0.4, 0.5) is 0 Å². The Labute approximate surface area is 132 Å². The minimum absolute atomic E-state index is 0.0238. The molecule has 1 aromatic carbocycles. The maximum Gasteiger partial charge on any atom is 0.251 e. The Morgan fingerprint density at radius 2 is 2.06 bits per heavy atom. The molecule has 0 radical (unpaired) electrons. The lowest BCUT2D eigenvalue weighted by Gasteiger charge is -2.30. The van der Waals surface area contributed by atoms with Crippen molar-refractivity contribution in [2.24, 2.45) is 0 Å². The number of carbonyl (C=O) groups is 1. The van der Waals surface area contributed by atoms with Gasteiger partial charge in [-0.1, -0.05) is 44.8 Å². The van der Waals surface area contributed by atoms with Gasteiger partial charge in [0.1, 0.15) is 0 Å². The van der Waals surface area contributed by atoms with Crippen LogP contribution < -0.4 is 5.32 Å². The second kappa shape index (κ2) is 7.09. The molecule has 0 aromatic heterocycles. The number of rotatable bonds is 5. The van der Waals surface area contributed by atoms with Crippen molar-refractivity contribution in [1.82, 2.24) is 5.32 Å². The van der Waals surface area contributed by atoms with Crippen LogP contribution in [0.1, 0.15) is 23.7 Å². The highest BCUT2D eigenvalue weighted by atomic mass is 127. The van der Waals surface area contributed by atoms with Crippen LogP contribution in [0.5, 0.6) is 0 Å². The number of halogens is 3. The van der Waals surface area contributed by atoms with Crippen molar-refractivity contribution in [3.8, 4) is 0 Å². The normalized spacial score (nSPS) is 11.3. The van der Waals surface area contributed by atoms with Crippen molar-refractivity contribution in [3.05, 3.63) is 33.4 Å². The van der Waals surface area contributed by atoms with Crippen LogP contribution in [0.2, 0.25) is 0 Å². The van der Waals surface area contributed by atoms with Gasteiger partial charge in [-0.05, 0) is 47.2 Å². The highest BCUT2D eigenvalue weighted by Gasteiger charge is 2.27. The Morgan fingerprint density at radius 3 is 2.53 bits per heavy atom. The van der Waals surface area contributed by atoms with Gasteiger partial charge >= 0.3 is 0 Å². The second-order valence-corrected chi connectivity index (χ2v) is 6.23. The van der Waals surface area contributed by atoms with Gasteiger partial charge in [0.05, 0.1) is 5.54 Å². The number of hydrogen-bond donors (Lipinski definition) is 1. The standard InChI is InChI=1S/C12H14Br2INO/c1-2-12(7-13,8-14)16-11(17)9-4-3-5-10(15)6-9/h3-6H,2,7-8H2,1H3,(H,16,17). The van der Waals surface area contributed by atoms with E-state index in [9.17, 15) is 4.79 Å². The Morgan fingerprint density at radius 1 is 1.41 bits per heavy atom. The molecule has 0 aliphatic heterocycles. The number of hydrogen-bond acceptors (Lipinski definition) is 1. The quantitative estimate of drug-likeness (QED) is 0.508. The number of carbonyl (C=O) groups excluding carboxylic acids is 1. The van der Waals surface area contributed by atoms with E-state index < -0.39 is 0 Å². The first-order valence-corrected chi connectivity index (χ1v) is 8.59. The molecule has 5 heteroatoms. The summed E-state index contributed by atoms with van der Waals surface area (Å²) in [5.74, 6) is -0.0238. The van der Waals surface area contributed by atoms with Crippen molar-refractivity contribution in [2.75, 3.05) is 10.7 Å². The summed E-state index contributed by atoms with van der Waals surface area (Å²) in [6.45, 7) is 2.07. The smallest absolute Gasteiger partial charge is 0.251 e. The van der Waals surface area contributed by atoms with Crippen LogP contribution in [-0.4, -0.2) is 22.1 Å². The zero-order valence-electron chi connectivity index (χ0n) is 9.47. The average Bonchev–Trinajstić information content (AvgIpc) is 2.36. The highest BCUT2D eigenvalue weighted by Crippen LogP contribution is 2.18. The minimum Gasteiger partial charge on any atom is -0.345 e. The molecular weight excluding hydrogens is 461 g/mol. The highest BCUT2D eigenvalue weighted by molar-refractivity contribution is 14.1. The number of amides is 1. The van der Waals surface area contributed by atoms with E-state index in [-0.39, 0.29) is 11.4 Å². The Bertz CT molecular complexity index is 386. The molecule has 0 bridgehead atoms. The molecule has 94 valence electrons. The fourth-order valence-corrected chi connectivity index (χ4v) is 3.87. The molecule has 0 atom stereocenters. The molecule has 1 aromatic rings. The summed E-state index contributed by atoms with van der Waals surface area (Å²) >= 11 is 9.13. The van der Waals surface area contributed by atoms with E-state index in [4.69, 9.17) is 0 Å². The van der Waals surface area contributed by atoms with E-state index in [1.165, 1.54) is 0 Å². The van der Waals surface area contributed by atoms with E-state index in [0.29, 0.717) is 5.56 Å². The molecule has 0 aliphatic rings. The molecule has 1 amide bonds. The summed E-state index contributed by atoms with van der Waals surface area (Å²) in [6.07, 6.45) is 0.874. The summed E-state index contributed by atoms with van der Waals surface area (Å²) in [6, 6.07) is 7.59. The predicted molar refractivity (Wildman–Crippen MR) is 87.2 cm³/mol. The molecule has 2 nitrogen and oxygen atoms in total. The number of alkyl halides is 2. The maximum atomic E-state index is 12.1. The van der Waals surface area contributed by atoms with Crippen LogP contribution in [0.15, 0.2) is 24.3 Å². The topological polar surface area (TPSA) is 29.1 Å². The van der Waals surface area contributed by atoms with E-state index in [0.717, 1.165) is 20.7 Å². The first kappa shape index (κ1) is 15.4. The molecule has 0 saturated carbocycles. The largest absolute Gasteiger partial charge is 0.345 e. The first-order valence-electron chi connectivity index (χ1n) is 5.27. The van der Waals surface area contributed by atoms with Crippen LogP contribution in [-0.2, 0) is 0 Å². The zero-order chi connectivity index (χ0) is 12.9. The van der Waals surface area contributed by atoms with E-state index in [1.807, 2.05) is 24.3 Å². The second-order valence-electron chi connectivity index (χ2n) is 3.87. The van der Waals surface area contributed by atoms with Gasteiger partial charge in [-0.2, -0.15) is 0 Å². The van der Waals surface area contributed by atoms with Crippen molar-refractivity contribution < 1.29 is 4.79 Å². The van der Waals surface area contributed by atoms with E-state index in [1.54, 1.807) is 0 Å². The number of nitrogens with one attached hydrogen (secondary N) is 1. The predicted octanol–water partition coefficient (Wildman–Crippen LogP) is 3.96. The average molecular weight is 475 g/mol. The van der Waals surface area contributed by atoms with Gasteiger partial charge in [0, 0.05) is 19.8 Å². The SMILES string of the molecule is CCC(CBr)(CBr)NC(=O)c1cccc(I)c1. The number of benzene rings is 1. The van der Waals surface area contributed by atoms with Crippen molar-refractivity contribution in [1.29, 1.82) is 0 Å². The van der Waals surface area contributed by atoms with Crippen molar-refractivity contribution in [3.63, 3.8) is 0 Å². The lowest BCUT2D eigenvalue weighted by atomic mass is 10.0. The molecule has 0 unspecified atom stereocenters. The third kappa shape index (κ3) is 4.21. The van der Waals surface area contributed by atoms with Crippen molar-refractivity contribution >= 4 is 60.4 Å². The fraction of sp³-hybridized carbons (Fsp3) is 0.417. The first-order chi connectivity index (χ1) is 8.06. The van der Waals surface area contributed by atoms with E-state index in [2.05, 4.69) is 66.7 Å². The summed E-state index contributed by atoms with van der Waals surface area (Å²) < 4.78 is 1.06. The third-order valence-electron chi connectivity index (χ3n) is 2.65. The van der Waals surface area contributed by atoms with Gasteiger partial charge in [0.25, 0.3) is 5.91 Å². The molecule has 0 saturated heterocycles. The van der Waals surface area contributed by atoms with Gasteiger partial charge in [0.2, 0.25) is 0 Å². The van der Waals surface area contributed by atoms with Gasteiger partial charge in [0.15, 0.2) is 0 Å². The molecule has 17 heavy (non-hydrogen) atoms. The van der Waals surface area contributed by atoms with Crippen molar-refractivity contribution in [2.45, 2.75) is 18.9 Å². The van der Waals surface area contributed by atoms with E-state index >= 15 is 0 Å². The Balaban J connectivity index is 2.84. The maximum absolute atomic E-state index is 12.1.